The molecule has 1 amide bonds. The summed E-state index contributed by atoms with van der Waals surface area (Å²) in [6, 6.07) is 21.4. The third-order valence-corrected chi connectivity index (χ3v) is 5.79. The Labute approximate surface area is 169 Å². The average Bonchev–Trinajstić information content (AvgIpc) is 3.15. The molecule has 29 heavy (non-hydrogen) atoms. The predicted molar refractivity (Wildman–Crippen MR) is 110 cm³/mol. The molecule has 0 fully saturated rings. The van der Waals surface area contributed by atoms with Gasteiger partial charge >= 0.3 is 0 Å². The topological polar surface area (TPSA) is 89.7 Å². The zero-order chi connectivity index (χ0) is 20.4. The molecule has 1 aliphatic rings. The van der Waals surface area contributed by atoms with E-state index in [0.29, 0.717) is 30.8 Å². The summed E-state index contributed by atoms with van der Waals surface area (Å²) in [6.07, 6.45) is 0.676. The Morgan fingerprint density at radius 3 is 2.41 bits per heavy atom. The van der Waals surface area contributed by atoms with Gasteiger partial charge in [0.1, 0.15) is 12.4 Å². The van der Waals surface area contributed by atoms with Gasteiger partial charge in [0.25, 0.3) is 5.91 Å². The van der Waals surface area contributed by atoms with Crippen molar-refractivity contribution in [2.24, 2.45) is 5.14 Å². The van der Waals surface area contributed by atoms with Crippen molar-refractivity contribution in [1.82, 2.24) is 0 Å². The van der Waals surface area contributed by atoms with Gasteiger partial charge in [-0.15, -0.1) is 0 Å². The molecule has 0 bridgehead atoms. The summed E-state index contributed by atoms with van der Waals surface area (Å²) in [5.41, 5.74) is 3.00. The first-order valence-corrected chi connectivity index (χ1v) is 10.7. The molecule has 148 valence electrons. The quantitative estimate of drug-likeness (QED) is 0.702. The summed E-state index contributed by atoms with van der Waals surface area (Å²) in [5.74, 6) is 0.609. The minimum absolute atomic E-state index is 0.00404. The van der Waals surface area contributed by atoms with Gasteiger partial charge in [-0.25, -0.2) is 13.6 Å². The molecular weight excluding hydrogens is 388 g/mol. The van der Waals surface area contributed by atoms with E-state index < -0.39 is 10.0 Å². The van der Waals surface area contributed by atoms with E-state index in [1.54, 1.807) is 23.1 Å². The van der Waals surface area contributed by atoms with Crippen LogP contribution in [0.4, 0.5) is 5.69 Å². The highest BCUT2D eigenvalue weighted by Crippen LogP contribution is 2.31. The largest absolute Gasteiger partial charge is 0.489 e. The third-order valence-electron chi connectivity index (χ3n) is 4.88. The molecule has 0 spiro atoms. The number of fused-ring (bicyclic) bond motifs is 1. The van der Waals surface area contributed by atoms with Gasteiger partial charge in [0.05, 0.1) is 4.90 Å². The Hall–Kier alpha value is -3.16. The van der Waals surface area contributed by atoms with E-state index in [1.807, 2.05) is 42.5 Å². The van der Waals surface area contributed by atoms with E-state index in [-0.39, 0.29) is 10.8 Å². The first-order valence-electron chi connectivity index (χ1n) is 9.16. The normalized spacial score (nSPS) is 13.2. The highest BCUT2D eigenvalue weighted by Gasteiger charge is 2.27. The van der Waals surface area contributed by atoms with Gasteiger partial charge in [-0.2, -0.15) is 0 Å². The van der Waals surface area contributed by atoms with Gasteiger partial charge < -0.3 is 9.64 Å². The number of amides is 1. The van der Waals surface area contributed by atoms with Crippen LogP contribution in [0.5, 0.6) is 5.75 Å². The van der Waals surface area contributed by atoms with Crippen LogP contribution >= 0.6 is 0 Å². The number of benzene rings is 3. The average molecular weight is 408 g/mol. The number of carbonyl (C=O) groups excluding carboxylic acids is 1. The molecule has 0 saturated carbocycles. The second-order valence-electron chi connectivity index (χ2n) is 6.84. The Balaban J connectivity index is 1.50. The molecular formula is C22H20N2O4S. The smallest absolute Gasteiger partial charge is 0.258 e. The fraction of sp³-hybridized carbons (Fsp3) is 0.136. The fourth-order valence-electron chi connectivity index (χ4n) is 3.33. The second kappa shape index (κ2) is 7.69. The maximum atomic E-state index is 13.0. The first-order chi connectivity index (χ1) is 13.9. The van der Waals surface area contributed by atoms with Crippen LogP contribution in [-0.2, 0) is 23.1 Å². The Morgan fingerprint density at radius 1 is 1.00 bits per heavy atom. The number of rotatable bonds is 5. The highest BCUT2D eigenvalue weighted by molar-refractivity contribution is 7.89. The van der Waals surface area contributed by atoms with Crippen LogP contribution in [-0.4, -0.2) is 20.9 Å². The monoisotopic (exact) mass is 408 g/mol. The maximum Gasteiger partial charge on any atom is 0.258 e. The van der Waals surface area contributed by atoms with E-state index in [4.69, 9.17) is 9.88 Å². The van der Waals surface area contributed by atoms with Crippen LogP contribution in [0.1, 0.15) is 21.5 Å². The number of hydrogen-bond donors (Lipinski definition) is 1. The first kappa shape index (κ1) is 19.2. The fourth-order valence-corrected chi connectivity index (χ4v) is 3.86. The summed E-state index contributed by atoms with van der Waals surface area (Å²) in [5, 5.41) is 5.23. The molecule has 0 aliphatic carbocycles. The molecule has 0 atom stereocenters. The molecule has 7 heteroatoms. The molecule has 3 aromatic carbocycles. The van der Waals surface area contributed by atoms with Crippen LogP contribution in [0.2, 0.25) is 0 Å². The molecule has 3 aromatic rings. The van der Waals surface area contributed by atoms with E-state index in [2.05, 4.69) is 0 Å². The predicted octanol–water partition coefficient (Wildman–Crippen LogP) is 3.12. The summed E-state index contributed by atoms with van der Waals surface area (Å²) < 4.78 is 29.0. The number of sulfonamides is 1. The number of para-hydroxylation sites is 1. The second-order valence-corrected chi connectivity index (χ2v) is 8.40. The molecule has 1 aliphatic heterocycles. The van der Waals surface area contributed by atoms with E-state index in [9.17, 15) is 13.2 Å². The summed E-state index contributed by atoms with van der Waals surface area (Å²) >= 11 is 0. The standard InChI is InChI=1S/C22H20N2O4S/c23-29(26,27)20-11-10-17-12-13-24(21(17)14-20)22(25)18-8-6-16(7-9-18)15-28-19-4-2-1-3-5-19/h1-11,14H,12-13,15H2,(H2,23,26,27). The summed E-state index contributed by atoms with van der Waals surface area (Å²) in [4.78, 5) is 14.6. The van der Waals surface area contributed by atoms with E-state index >= 15 is 0 Å². The van der Waals surface area contributed by atoms with Crippen molar-refractivity contribution in [3.05, 3.63) is 89.5 Å². The summed E-state index contributed by atoms with van der Waals surface area (Å²) in [7, 11) is -3.82. The van der Waals surface area contributed by atoms with E-state index in [0.717, 1.165) is 16.9 Å². The van der Waals surface area contributed by atoms with Crippen LogP contribution in [0.15, 0.2) is 77.7 Å². The molecule has 0 aromatic heterocycles. The van der Waals surface area contributed by atoms with E-state index in [1.165, 1.54) is 12.1 Å². The Kier molecular flexibility index (Phi) is 5.08. The van der Waals surface area contributed by atoms with Crippen molar-refractivity contribution in [2.45, 2.75) is 17.9 Å². The lowest BCUT2D eigenvalue weighted by molar-refractivity contribution is 0.0989. The van der Waals surface area contributed by atoms with Gasteiger partial charge in [-0.1, -0.05) is 36.4 Å². The van der Waals surface area contributed by atoms with Gasteiger partial charge in [0.2, 0.25) is 10.0 Å². The van der Waals surface area contributed by atoms with Crippen molar-refractivity contribution in [1.29, 1.82) is 0 Å². The number of nitrogens with two attached hydrogens (primary N) is 1. The number of hydrogen-bond acceptors (Lipinski definition) is 4. The third kappa shape index (κ3) is 4.16. The number of nitrogens with zero attached hydrogens (tertiary/aromatic N) is 1. The number of anilines is 1. The zero-order valence-electron chi connectivity index (χ0n) is 15.6. The summed E-state index contributed by atoms with van der Waals surface area (Å²) in [6.45, 7) is 0.907. The van der Waals surface area contributed by atoms with Gasteiger partial charge in [-0.05, 0) is 53.9 Å². The molecule has 1 heterocycles. The minimum Gasteiger partial charge on any atom is -0.489 e. The van der Waals surface area contributed by atoms with Crippen LogP contribution in [0.25, 0.3) is 0 Å². The molecule has 4 rings (SSSR count). The van der Waals surface area contributed by atoms with Crippen LogP contribution in [0, 0.1) is 0 Å². The van der Waals surface area contributed by atoms with Gasteiger partial charge in [0, 0.05) is 17.8 Å². The maximum absolute atomic E-state index is 13.0. The van der Waals surface area contributed by atoms with Crippen molar-refractivity contribution in [3.8, 4) is 5.75 Å². The number of ether oxygens (including phenoxy) is 1. The molecule has 2 N–H and O–H groups in total. The molecule has 0 radical (unpaired) electrons. The highest BCUT2D eigenvalue weighted by atomic mass is 32.2. The lowest BCUT2D eigenvalue weighted by Crippen LogP contribution is -2.29. The molecule has 6 nitrogen and oxygen atoms in total. The van der Waals surface area contributed by atoms with Gasteiger partial charge in [0.15, 0.2) is 0 Å². The number of primary sulfonamides is 1. The van der Waals surface area contributed by atoms with Crippen LogP contribution < -0.4 is 14.8 Å². The van der Waals surface area contributed by atoms with Crippen molar-refractivity contribution in [2.75, 3.05) is 11.4 Å². The van der Waals surface area contributed by atoms with Crippen molar-refractivity contribution >= 4 is 21.6 Å². The molecule has 0 unspecified atom stereocenters. The van der Waals surface area contributed by atoms with Gasteiger partial charge in [-0.3, -0.25) is 4.79 Å². The number of carbonyl (C=O) groups is 1. The Bertz CT molecular complexity index is 1140. The zero-order valence-corrected chi connectivity index (χ0v) is 16.4. The lowest BCUT2D eigenvalue weighted by Gasteiger charge is -2.18. The lowest BCUT2D eigenvalue weighted by atomic mass is 10.1. The van der Waals surface area contributed by atoms with Crippen molar-refractivity contribution < 1.29 is 17.9 Å². The van der Waals surface area contributed by atoms with Crippen LogP contribution in [0.3, 0.4) is 0 Å². The Morgan fingerprint density at radius 2 is 1.72 bits per heavy atom. The van der Waals surface area contributed by atoms with Crippen molar-refractivity contribution in [3.63, 3.8) is 0 Å². The molecule has 0 saturated heterocycles. The minimum atomic E-state index is -3.82. The SMILES string of the molecule is NS(=O)(=O)c1ccc2c(c1)N(C(=O)c1ccc(COc3ccccc3)cc1)CC2.